The summed E-state index contributed by atoms with van der Waals surface area (Å²) in [5, 5.41) is 3.48. The number of sulfonamides is 1. The number of carbonyl (C=O) groups excluding carboxylic acids is 1. The lowest BCUT2D eigenvalue weighted by molar-refractivity contribution is -0.117. The Morgan fingerprint density at radius 1 is 1.33 bits per heavy atom. The molecule has 2 aliphatic heterocycles. The zero-order valence-electron chi connectivity index (χ0n) is 12.9. The molecule has 126 valence electrons. The van der Waals surface area contributed by atoms with E-state index in [1.54, 1.807) is 35.4 Å². The van der Waals surface area contributed by atoms with Crippen LogP contribution in [0.15, 0.2) is 52.6 Å². The van der Waals surface area contributed by atoms with Crippen molar-refractivity contribution in [1.82, 2.24) is 10.2 Å². The van der Waals surface area contributed by atoms with E-state index in [1.165, 1.54) is 0 Å². The number of benzene rings is 1. The second kappa shape index (κ2) is 6.41. The molecule has 8 heteroatoms. The largest absolute Gasteiger partial charge is 0.345 e. The summed E-state index contributed by atoms with van der Waals surface area (Å²) in [7, 11) is -3.53. The van der Waals surface area contributed by atoms with Gasteiger partial charge in [0.05, 0.1) is 17.4 Å². The van der Waals surface area contributed by atoms with Crippen LogP contribution < -0.4 is 5.32 Å². The summed E-state index contributed by atoms with van der Waals surface area (Å²) >= 11 is 5.86. The number of amidine groups is 1. The molecule has 1 aromatic rings. The minimum atomic E-state index is -3.53. The van der Waals surface area contributed by atoms with Crippen LogP contribution in [0.4, 0.5) is 0 Å². The first-order valence-electron chi connectivity index (χ1n) is 7.40. The van der Waals surface area contributed by atoms with Crippen molar-refractivity contribution in [1.29, 1.82) is 0 Å². The number of amides is 1. The highest BCUT2D eigenvalue weighted by Crippen LogP contribution is 2.20. The molecule has 0 aliphatic carbocycles. The first-order chi connectivity index (χ1) is 11.4. The van der Waals surface area contributed by atoms with Crippen LogP contribution in [0.3, 0.4) is 0 Å². The number of nitrogens with zero attached hydrogens (tertiary/aromatic N) is 2. The SMILES string of the molecule is CC(NC(=O)C1=CC=CN2CCS(=O)(=O)N=C12)c1ccc(Cl)cc1. The molecule has 2 aliphatic rings. The highest BCUT2D eigenvalue weighted by Gasteiger charge is 2.30. The van der Waals surface area contributed by atoms with Crippen LogP contribution >= 0.6 is 11.6 Å². The Morgan fingerprint density at radius 3 is 2.75 bits per heavy atom. The zero-order valence-corrected chi connectivity index (χ0v) is 14.5. The molecule has 2 heterocycles. The van der Waals surface area contributed by atoms with Gasteiger partial charge in [-0.2, -0.15) is 0 Å². The molecular formula is C16H16ClN3O3S. The molecule has 3 rings (SSSR count). The summed E-state index contributed by atoms with van der Waals surface area (Å²) in [6.07, 6.45) is 4.99. The second-order valence-electron chi connectivity index (χ2n) is 5.56. The van der Waals surface area contributed by atoms with Crippen LogP contribution in [-0.4, -0.2) is 37.4 Å². The summed E-state index contributed by atoms with van der Waals surface area (Å²) in [4.78, 5) is 14.2. The molecule has 1 N–H and O–H groups in total. The lowest BCUT2D eigenvalue weighted by atomic mass is 10.1. The van der Waals surface area contributed by atoms with Crippen LogP contribution in [-0.2, 0) is 14.8 Å². The Kier molecular flexibility index (Phi) is 4.47. The third kappa shape index (κ3) is 3.52. The Labute approximate surface area is 145 Å². The van der Waals surface area contributed by atoms with Gasteiger partial charge in [-0.15, -0.1) is 4.40 Å². The van der Waals surface area contributed by atoms with Crippen LogP contribution in [0.5, 0.6) is 0 Å². The number of nitrogens with one attached hydrogen (secondary N) is 1. The maximum Gasteiger partial charge on any atom is 0.256 e. The Morgan fingerprint density at radius 2 is 2.04 bits per heavy atom. The normalized spacial score (nSPS) is 19.8. The molecule has 0 aromatic heterocycles. The van der Waals surface area contributed by atoms with E-state index in [4.69, 9.17) is 11.6 Å². The third-order valence-corrected chi connectivity index (χ3v) is 5.22. The van der Waals surface area contributed by atoms with Crippen molar-refractivity contribution >= 4 is 33.4 Å². The van der Waals surface area contributed by atoms with Crippen molar-refractivity contribution in [3.05, 3.63) is 58.8 Å². The molecule has 1 aromatic carbocycles. The molecule has 24 heavy (non-hydrogen) atoms. The topological polar surface area (TPSA) is 78.8 Å². The van der Waals surface area contributed by atoms with E-state index in [-0.39, 0.29) is 35.7 Å². The van der Waals surface area contributed by atoms with Gasteiger partial charge in [-0.25, -0.2) is 8.42 Å². The van der Waals surface area contributed by atoms with E-state index >= 15 is 0 Å². The fourth-order valence-electron chi connectivity index (χ4n) is 2.50. The monoisotopic (exact) mass is 365 g/mol. The van der Waals surface area contributed by atoms with Gasteiger partial charge < -0.3 is 10.2 Å². The van der Waals surface area contributed by atoms with Gasteiger partial charge in [-0.3, -0.25) is 4.79 Å². The maximum absolute atomic E-state index is 12.6. The maximum atomic E-state index is 12.6. The average Bonchev–Trinajstić information content (AvgIpc) is 2.54. The van der Waals surface area contributed by atoms with Crippen LogP contribution in [0, 0.1) is 0 Å². The fraction of sp³-hybridized carbons (Fsp3) is 0.250. The van der Waals surface area contributed by atoms with Crippen LogP contribution in [0.2, 0.25) is 5.02 Å². The number of halogens is 1. The zero-order chi connectivity index (χ0) is 17.3. The number of allylic oxidation sites excluding steroid dienone is 2. The molecular weight excluding hydrogens is 350 g/mol. The average molecular weight is 366 g/mol. The number of hydrogen-bond donors (Lipinski definition) is 1. The van der Waals surface area contributed by atoms with Gasteiger partial charge in [0.15, 0.2) is 5.84 Å². The van der Waals surface area contributed by atoms with Gasteiger partial charge in [0.1, 0.15) is 0 Å². The van der Waals surface area contributed by atoms with Crippen molar-refractivity contribution in [2.75, 3.05) is 12.3 Å². The van der Waals surface area contributed by atoms with Crippen molar-refractivity contribution < 1.29 is 13.2 Å². The van der Waals surface area contributed by atoms with Crippen molar-refractivity contribution in [2.45, 2.75) is 13.0 Å². The Balaban J connectivity index is 1.81. The molecule has 0 saturated heterocycles. The Hall–Kier alpha value is -2.12. The highest BCUT2D eigenvalue weighted by atomic mass is 35.5. The molecule has 1 atom stereocenters. The summed E-state index contributed by atoms with van der Waals surface area (Å²) in [5.41, 5.74) is 1.14. The summed E-state index contributed by atoms with van der Waals surface area (Å²) < 4.78 is 27.2. The number of fused-ring (bicyclic) bond motifs is 1. The fourth-order valence-corrected chi connectivity index (χ4v) is 3.61. The lowest BCUT2D eigenvalue weighted by Gasteiger charge is -2.29. The predicted molar refractivity (Wildman–Crippen MR) is 93.2 cm³/mol. The molecule has 1 unspecified atom stereocenters. The molecule has 0 spiro atoms. The van der Waals surface area contributed by atoms with Crippen molar-refractivity contribution in [2.24, 2.45) is 4.40 Å². The molecule has 1 amide bonds. The van der Waals surface area contributed by atoms with E-state index < -0.39 is 10.0 Å². The van der Waals surface area contributed by atoms with Crippen LogP contribution in [0.1, 0.15) is 18.5 Å². The number of hydrogen-bond acceptors (Lipinski definition) is 4. The first-order valence-corrected chi connectivity index (χ1v) is 9.39. The molecule has 0 saturated carbocycles. The minimum absolute atomic E-state index is 0.0586. The lowest BCUT2D eigenvalue weighted by Crippen LogP contribution is -2.42. The third-order valence-electron chi connectivity index (χ3n) is 3.82. The van der Waals surface area contributed by atoms with E-state index in [0.717, 1.165) is 5.56 Å². The van der Waals surface area contributed by atoms with Gasteiger partial charge in [0, 0.05) is 17.8 Å². The minimum Gasteiger partial charge on any atom is -0.345 e. The molecule has 6 nitrogen and oxygen atoms in total. The second-order valence-corrected chi connectivity index (χ2v) is 7.75. The van der Waals surface area contributed by atoms with Crippen molar-refractivity contribution in [3.63, 3.8) is 0 Å². The molecule has 0 bridgehead atoms. The Bertz CT molecular complexity index is 857. The van der Waals surface area contributed by atoms with E-state index in [0.29, 0.717) is 5.02 Å². The van der Waals surface area contributed by atoms with Crippen LogP contribution in [0.25, 0.3) is 0 Å². The highest BCUT2D eigenvalue weighted by molar-refractivity contribution is 7.90. The van der Waals surface area contributed by atoms with Gasteiger partial charge >= 0.3 is 0 Å². The first kappa shape index (κ1) is 16.7. The van der Waals surface area contributed by atoms with Crippen molar-refractivity contribution in [3.8, 4) is 0 Å². The molecule has 0 fully saturated rings. The standard InChI is InChI=1S/C16H16ClN3O3S/c1-11(12-4-6-13(17)7-5-12)18-16(21)14-3-2-8-20-9-10-24(22,23)19-15(14)20/h2-8,11H,9-10H2,1H3,(H,18,21). The van der Waals surface area contributed by atoms with Gasteiger partial charge in [-0.05, 0) is 36.8 Å². The van der Waals surface area contributed by atoms with Gasteiger partial charge in [0.25, 0.3) is 15.9 Å². The van der Waals surface area contributed by atoms with E-state index in [2.05, 4.69) is 9.71 Å². The number of rotatable bonds is 3. The summed E-state index contributed by atoms with van der Waals surface area (Å²) in [6, 6.07) is 6.91. The van der Waals surface area contributed by atoms with E-state index in [9.17, 15) is 13.2 Å². The number of carbonyl (C=O) groups is 1. The smallest absolute Gasteiger partial charge is 0.256 e. The van der Waals surface area contributed by atoms with Gasteiger partial charge in [0.2, 0.25) is 0 Å². The molecule has 0 radical (unpaired) electrons. The quantitative estimate of drug-likeness (QED) is 0.888. The van der Waals surface area contributed by atoms with Gasteiger partial charge in [-0.1, -0.05) is 23.7 Å². The summed E-state index contributed by atoms with van der Waals surface area (Å²) in [5.74, 6) is -0.260. The predicted octanol–water partition coefficient (Wildman–Crippen LogP) is 2.01. The summed E-state index contributed by atoms with van der Waals surface area (Å²) in [6.45, 7) is 2.13. The van der Waals surface area contributed by atoms with E-state index in [1.807, 2.05) is 19.1 Å².